The summed E-state index contributed by atoms with van der Waals surface area (Å²) < 4.78 is 0. The molecule has 1 unspecified atom stereocenters. The largest absolute Gasteiger partial charge is 0.342 e. The molecule has 14 heavy (non-hydrogen) atoms. The fourth-order valence-corrected chi connectivity index (χ4v) is 2.15. The maximum Gasteiger partial charge on any atom is 0.235 e. The minimum Gasteiger partial charge on any atom is -0.342 e. The Labute approximate surface area is 92.5 Å². The van der Waals surface area contributed by atoms with E-state index in [0.29, 0.717) is 12.0 Å². The topological polar surface area (TPSA) is 20.3 Å². The van der Waals surface area contributed by atoms with Crippen molar-refractivity contribution in [2.24, 2.45) is 5.92 Å². The molecular weight excluding hydrogens is 194 g/mol. The van der Waals surface area contributed by atoms with Gasteiger partial charge in [0.2, 0.25) is 5.91 Å². The highest BCUT2D eigenvalue weighted by Crippen LogP contribution is 2.24. The van der Waals surface area contributed by atoms with E-state index in [4.69, 9.17) is 0 Å². The molecule has 0 bridgehead atoms. The monoisotopic (exact) mass is 215 g/mol. The van der Waals surface area contributed by atoms with Crippen LogP contribution in [0.15, 0.2) is 0 Å². The summed E-state index contributed by atoms with van der Waals surface area (Å²) in [4.78, 5) is 13.8. The minimum absolute atomic E-state index is 0.138. The van der Waals surface area contributed by atoms with Crippen LogP contribution in [0.2, 0.25) is 0 Å². The Bertz CT molecular complexity index is 199. The quantitative estimate of drug-likeness (QED) is 0.717. The first-order valence-electron chi connectivity index (χ1n) is 5.48. The van der Waals surface area contributed by atoms with Gasteiger partial charge in [-0.3, -0.25) is 4.79 Å². The molecule has 1 fully saturated rings. The third-order valence-electron chi connectivity index (χ3n) is 3.10. The molecule has 82 valence electrons. The van der Waals surface area contributed by atoms with Gasteiger partial charge in [0.05, 0.1) is 5.25 Å². The van der Waals surface area contributed by atoms with E-state index in [1.54, 1.807) is 0 Å². The number of thiol groups is 1. The van der Waals surface area contributed by atoms with Gasteiger partial charge in [0.15, 0.2) is 0 Å². The highest BCUT2D eigenvalue weighted by atomic mass is 32.1. The van der Waals surface area contributed by atoms with Crippen LogP contribution >= 0.6 is 12.6 Å². The lowest BCUT2D eigenvalue weighted by Crippen LogP contribution is -2.41. The highest BCUT2D eigenvalue weighted by molar-refractivity contribution is 7.81. The van der Waals surface area contributed by atoms with Gasteiger partial charge in [-0.1, -0.05) is 26.7 Å². The van der Waals surface area contributed by atoms with Crippen molar-refractivity contribution in [1.29, 1.82) is 0 Å². The number of hydrogen-bond acceptors (Lipinski definition) is 2. The molecule has 1 aliphatic carbocycles. The van der Waals surface area contributed by atoms with Crippen molar-refractivity contribution < 1.29 is 4.79 Å². The van der Waals surface area contributed by atoms with E-state index in [9.17, 15) is 4.79 Å². The Balaban J connectivity index is 2.50. The van der Waals surface area contributed by atoms with Crippen molar-refractivity contribution in [2.75, 3.05) is 7.05 Å². The van der Waals surface area contributed by atoms with E-state index in [2.05, 4.69) is 12.6 Å². The summed E-state index contributed by atoms with van der Waals surface area (Å²) in [5, 5.41) is -0.138. The number of carbonyl (C=O) groups is 1. The van der Waals surface area contributed by atoms with Crippen LogP contribution in [0.4, 0.5) is 0 Å². The van der Waals surface area contributed by atoms with Crippen molar-refractivity contribution in [3.05, 3.63) is 0 Å². The molecule has 0 radical (unpaired) electrons. The second-order valence-electron chi connectivity index (χ2n) is 4.58. The lowest BCUT2D eigenvalue weighted by atomic mass is 10.1. The Morgan fingerprint density at radius 1 is 1.36 bits per heavy atom. The van der Waals surface area contributed by atoms with Gasteiger partial charge in [-0.05, 0) is 18.8 Å². The van der Waals surface area contributed by atoms with Gasteiger partial charge in [0.25, 0.3) is 0 Å². The van der Waals surface area contributed by atoms with Gasteiger partial charge in [-0.15, -0.1) is 0 Å². The molecule has 1 aliphatic rings. The number of hydrogen-bond donors (Lipinski definition) is 1. The summed E-state index contributed by atoms with van der Waals surface area (Å²) in [6.45, 7) is 4.08. The van der Waals surface area contributed by atoms with Crippen LogP contribution in [0.25, 0.3) is 0 Å². The molecule has 0 aromatic carbocycles. The molecular formula is C11H21NOS. The molecule has 0 spiro atoms. The second-order valence-corrected chi connectivity index (χ2v) is 5.13. The zero-order chi connectivity index (χ0) is 10.7. The summed E-state index contributed by atoms with van der Waals surface area (Å²) in [7, 11) is 1.92. The molecule has 1 saturated carbocycles. The van der Waals surface area contributed by atoms with Gasteiger partial charge >= 0.3 is 0 Å². The Kier molecular flexibility index (Phi) is 4.30. The third-order valence-corrected chi connectivity index (χ3v) is 3.92. The summed E-state index contributed by atoms with van der Waals surface area (Å²) in [5.41, 5.74) is 0. The first-order valence-corrected chi connectivity index (χ1v) is 6.00. The van der Waals surface area contributed by atoms with Crippen molar-refractivity contribution in [1.82, 2.24) is 4.90 Å². The van der Waals surface area contributed by atoms with Gasteiger partial charge in [-0.25, -0.2) is 0 Å². The normalized spacial score (nSPS) is 20.1. The smallest absolute Gasteiger partial charge is 0.235 e. The molecule has 0 saturated heterocycles. The van der Waals surface area contributed by atoms with Crippen LogP contribution in [0.3, 0.4) is 0 Å². The van der Waals surface area contributed by atoms with Crippen LogP contribution in [-0.2, 0) is 4.79 Å². The van der Waals surface area contributed by atoms with Crippen LogP contribution in [0.1, 0.15) is 39.5 Å². The first kappa shape index (κ1) is 11.9. The fourth-order valence-electron chi connectivity index (χ4n) is 1.97. The number of rotatable bonds is 3. The van der Waals surface area contributed by atoms with Gasteiger partial charge in [0, 0.05) is 13.1 Å². The summed E-state index contributed by atoms with van der Waals surface area (Å²) in [6, 6.07) is 0.468. The van der Waals surface area contributed by atoms with Gasteiger partial charge in [0.1, 0.15) is 0 Å². The van der Waals surface area contributed by atoms with E-state index < -0.39 is 0 Å². The number of nitrogens with zero attached hydrogens (tertiary/aromatic N) is 1. The maximum atomic E-state index is 11.9. The van der Waals surface area contributed by atoms with Crippen LogP contribution < -0.4 is 0 Å². The highest BCUT2D eigenvalue weighted by Gasteiger charge is 2.28. The molecule has 0 heterocycles. The molecule has 1 amide bonds. The lowest BCUT2D eigenvalue weighted by Gasteiger charge is -2.28. The second kappa shape index (κ2) is 5.06. The van der Waals surface area contributed by atoms with Gasteiger partial charge in [-0.2, -0.15) is 12.6 Å². The SMILES string of the molecule is CC(C)C(S)C(=O)N(C)C1CCCC1. The van der Waals surface area contributed by atoms with Crippen molar-refractivity contribution >= 4 is 18.5 Å². The Morgan fingerprint density at radius 3 is 2.29 bits per heavy atom. The number of amides is 1. The summed E-state index contributed by atoms with van der Waals surface area (Å²) >= 11 is 4.36. The predicted octanol–water partition coefficient (Wildman–Crippen LogP) is 2.34. The van der Waals surface area contributed by atoms with E-state index in [1.165, 1.54) is 25.7 Å². The van der Waals surface area contributed by atoms with Crippen LogP contribution in [0.5, 0.6) is 0 Å². The zero-order valence-electron chi connectivity index (χ0n) is 9.36. The number of carbonyl (C=O) groups excluding carboxylic acids is 1. The predicted molar refractivity (Wildman–Crippen MR) is 62.6 cm³/mol. The average Bonchev–Trinajstić information content (AvgIpc) is 2.67. The third kappa shape index (κ3) is 2.66. The fraction of sp³-hybridized carbons (Fsp3) is 0.909. The molecule has 3 heteroatoms. The summed E-state index contributed by atoms with van der Waals surface area (Å²) in [6.07, 6.45) is 4.87. The molecule has 1 rings (SSSR count). The van der Waals surface area contributed by atoms with Crippen molar-refractivity contribution in [3.8, 4) is 0 Å². The maximum absolute atomic E-state index is 11.9. The first-order chi connectivity index (χ1) is 6.54. The summed E-state index contributed by atoms with van der Waals surface area (Å²) in [5.74, 6) is 0.505. The van der Waals surface area contributed by atoms with E-state index in [1.807, 2.05) is 25.8 Å². The van der Waals surface area contributed by atoms with Gasteiger partial charge < -0.3 is 4.90 Å². The molecule has 0 aromatic heterocycles. The van der Waals surface area contributed by atoms with Crippen molar-refractivity contribution in [3.63, 3.8) is 0 Å². The Hall–Kier alpha value is -0.180. The standard InChI is InChI=1S/C11H21NOS/c1-8(2)10(14)11(13)12(3)9-6-4-5-7-9/h8-10,14H,4-7H2,1-3H3. The molecule has 0 N–H and O–H groups in total. The van der Waals surface area contributed by atoms with Crippen molar-refractivity contribution in [2.45, 2.75) is 50.8 Å². The van der Waals surface area contributed by atoms with Crippen LogP contribution in [-0.4, -0.2) is 29.1 Å². The molecule has 1 atom stereocenters. The minimum atomic E-state index is -0.138. The average molecular weight is 215 g/mol. The lowest BCUT2D eigenvalue weighted by molar-refractivity contribution is -0.131. The molecule has 0 aromatic rings. The van der Waals surface area contributed by atoms with Crippen LogP contribution in [0, 0.1) is 5.92 Å². The molecule has 0 aliphatic heterocycles. The van der Waals surface area contributed by atoms with E-state index in [-0.39, 0.29) is 11.2 Å². The van der Waals surface area contributed by atoms with E-state index >= 15 is 0 Å². The molecule has 2 nitrogen and oxygen atoms in total. The zero-order valence-corrected chi connectivity index (χ0v) is 10.3. The Morgan fingerprint density at radius 2 is 1.86 bits per heavy atom. The van der Waals surface area contributed by atoms with E-state index in [0.717, 1.165) is 0 Å².